The summed E-state index contributed by atoms with van der Waals surface area (Å²) in [5.41, 5.74) is 2.24. The molecular weight excluding hydrogens is 366 g/mol. The molecule has 3 rings (SSSR count). The SMILES string of the molecule is CCOc1ccc(NC(=O)COC(=O)C(c2ccccc2)c2ccccc2)cc1. The summed E-state index contributed by atoms with van der Waals surface area (Å²) in [5, 5.41) is 2.71. The molecular formula is C24H23NO4. The van der Waals surface area contributed by atoms with Gasteiger partial charge in [-0.15, -0.1) is 0 Å². The second kappa shape index (κ2) is 10.1. The Morgan fingerprint density at radius 1 is 0.828 bits per heavy atom. The molecule has 1 amide bonds. The Labute approximate surface area is 170 Å². The third kappa shape index (κ3) is 5.69. The van der Waals surface area contributed by atoms with Gasteiger partial charge < -0.3 is 14.8 Å². The Morgan fingerprint density at radius 2 is 1.38 bits per heavy atom. The van der Waals surface area contributed by atoms with Crippen molar-refractivity contribution in [2.24, 2.45) is 0 Å². The van der Waals surface area contributed by atoms with Gasteiger partial charge in [0.2, 0.25) is 0 Å². The van der Waals surface area contributed by atoms with Crippen LogP contribution in [0.2, 0.25) is 0 Å². The second-order valence-electron chi connectivity index (χ2n) is 6.37. The standard InChI is InChI=1S/C24H23NO4/c1-2-28-21-15-13-20(14-16-21)25-22(26)17-29-24(27)23(18-9-5-3-6-10-18)19-11-7-4-8-12-19/h3-16,23H,2,17H2,1H3,(H,25,26). The number of anilines is 1. The summed E-state index contributed by atoms with van der Waals surface area (Å²) in [5.74, 6) is -0.729. The largest absolute Gasteiger partial charge is 0.494 e. The van der Waals surface area contributed by atoms with E-state index in [1.807, 2.05) is 67.6 Å². The summed E-state index contributed by atoms with van der Waals surface area (Å²) in [6.45, 7) is 2.12. The molecule has 0 unspecified atom stereocenters. The molecule has 0 aromatic heterocycles. The van der Waals surface area contributed by atoms with Crippen molar-refractivity contribution in [1.29, 1.82) is 0 Å². The highest BCUT2D eigenvalue weighted by molar-refractivity contribution is 5.93. The molecule has 5 nitrogen and oxygen atoms in total. The van der Waals surface area contributed by atoms with E-state index in [1.54, 1.807) is 24.3 Å². The van der Waals surface area contributed by atoms with E-state index in [2.05, 4.69) is 5.32 Å². The van der Waals surface area contributed by atoms with Crippen LogP contribution in [0, 0.1) is 0 Å². The fourth-order valence-corrected chi connectivity index (χ4v) is 2.97. The Bertz CT molecular complexity index is 885. The third-order valence-electron chi connectivity index (χ3n) is 4.30. The molecule has 148 valence electrons. The minimum atomic E-state index is -0.587. The molecule has 29 heavy (non-hydrogen) atoms. The summed E-state index contributed by atoms with van der Waals surface area (Å²) in [6, 6.07) is 25.8. The van der Waals surface area contributed by atoms with Gasteiger partial charge in [-0.2, -0.15) is 0 Å². The van der Waals surface area contributed by atoms with Gasteiger partial charge in [0, 0.05) is 5.69 Å². The zero-order valence-corrected chi connectivity index (χ0v) is 16.2. The predicted octanol–water partition coefficient (Wildman–Crippen LogP) is 4.40. The van der Waals surface area contributed by atoms with Gasteiger partial charge >= 0.3 is 5.97 Å². The Morgan fingerprint density at radius 3 is 1.90 bits per heavy atom. The van der Waals surface area contributed by atoms with Crippen LogP contribution >= 0.6 is 0 Å². The van der Waals surface area contributed by atoms with Crippen molar-refractivity contribution in [3.63, 3.8) is 0 Å². The summed E-state index contributed by atoms with van der Waals surface area (Å²) < 4.78 is 10.7. The lowest BCUT2D eigenvalue weighted by Crippen LogP contribution is -2.24. The molecule has 0 bridgehead atoms. The van der Waals surface area contributed by atoms with Crippen molar-refractivity contribution in [3.8, 4) is 5.75 Å². The van der Waals surface area contributed by atoms with Gasteiger partial charge in [0.25, 0.3) is 5.91 Å². The topological polar surface area (TPSA) is 64.6 Å². The third-order valence-corrected chi connectivity index (χ3v) is 4.30. The fourth-order valence-electron chi connectivity index (χ4n) is 2.97. The number of carbonyl (C=O) groups is 2. The van der Waals surface area contributed by atoms with Gasteiger partial charge in [0.05, 0.1) is 6.61 Å². The van der Waals surface area contributed by atoms with Crippen LogP contribution in [0.1, 0.15) is 24.0 Å². The molecule has 0 radical (unpaired) electrons. The quantitative estimate of drug-likeness (QED) is 0.580. The van der Waals surface area contributed by atoms with Crippen LogP contribution in [-0.4, -0.2) is 25.1 Å². The molecule has 0 saturated heterocycles. The van der Waals surface area contributed by atoms with Gasteiger partial charge in [-0.1, -0.05) is 60.7 Å². The average molecular weight is 389 g/mol. The number of benzene rings is 3. The Kier molecular flexibility index (Phi) is 7.00. The van der Waals surface area contributed by atoms with Crippen molar-refractivity contribution in [2.45, 2.75) is 12.8 Å². The van der Waals surface area contributed by atoms with Crippen LogP contribution in [-0.2, 0) is 14.3 Å². The van der Waals surface area contributed by atoms with Crippen molar-refractivity contribution in [3.05, 3.63) is 96.1 Å². The normalized spacial score (nSPS) is 10.4. The fraction of sp³-hybridized carbons (Fsp3) is 0.167. The summed E-state index contributed by atoms with van der Waals surface area (Å²) in [7, 11) is 0. The van der Waals surface area contributed by atoms with Crippen LogP contribution in [0.4, 0.5) is 5.69 Å². The number of nitrogens with one attached hydrogen (secondary N) is 1. The highest BCUT2D eigenvalue weighted by Gasteiger charge is 2.24. The van der Waals surface area contributed by atoms with Crippen LogP contribution in [0.3, 0.4) is 0 Å². The summed E-state index contributed by atoms with van der Waals surface area (Å²) in [4.78, 5) is 25.0. The van der Waals surface area contributed by atoms with E-state index in [4.69, 9.17) is 9.47 Å². The number of hydrogen-bond donors (Lipinski definition) is 1. The summed E-state index contributed by atoms with van der Waals surface area (Å²) >= 11 is 0. The predicted molar refractivity (Wildman–Crippen MR) is 112 cm³/mol. The number of carbonyl (C=O) groups excluding carboxylic acids is 2. The average Bonchev–Trinajstić information content (AvgIpc) is 2.76. The molecule has 1 N–H and O–H groups in total. The molecule has 0 spiro atoms. The van der Waals surface area contributed by atoms with E-state index < -0.39 is 17.8 Å². The van der Waals surface area contributed by atoms with E-state index in [0.29, 0.717) is 12.3 Å². The van der Waals surface area contributed by atoms with Crippen LogP contribution < -0.4 is 10.1 Å². The van der Waals surface area contributed by atoms with Crippen molar-refractivity contribution in [1.82, 2.24) is 0 Å². The van der Waals surface area contributed by atoms with Crippen LogP contribution in [0.5, 0.6) is 5.75 Å². The van der Waals surface area contributed by atoms with Crippen molar-refractivity contribution < 1.29 is 19.1 Å². The minimum absolute atomic E-state index is 0.359. The molecule has 5 heteroatoms. The lowest BCUT2D eigenvalue weighted by molar-refractivity contribution is -0.147. The van der Waals surface area contributed by atoms with Gasteiger partial charge in [-0.25, -0.2) is 0 Å². The molecule has 0 saturated carbocycles. The van der Waals surface area contributed by atoms with Gasteiger partial charge in [0.15, 0.2) is 6.61 Å². The minimum Gasteiger partial charge on any atom is -0.494 e. The number of rotatable bonds is 8. The van der Waals surface area contributed by atoms with Gasteiger partial charge in [-0.3, -0.25) is 9.59 Å². The molecule has 0 aliphatic heterocycles. The molecule has 3 aromatic rings. The number of amides is 1. The molecule has 0 fully saturated rings. The van der Waals surface area contributed by atoms with Crippen molar-refractivity contribution in [2.75, 3.05) is 18.5 Å². The Balaban J connectivity index is 1.63. The van der Waals surface area contributed by atoms with Gasteiger partial charge in [0.1, 0.15) is 11.7 Å². The zero-order chi connectivity index (χ0) is 20.5. The first-order chi connectivity index (χ1) is 14.2. The molecule has 0 atom stereocenters. The maximum Gasteiger partial charge on any atom is 0.318 e. The van der Waals surface area contributed by atoms with Crippen molar-refractivity contribution >= 4 is 17.6 Å². The van der Waals surface area contributed by atoms with Crippen LogP contribution in [0.25, 0.3) is 0 Å². The highest BCUT2D eigenvalue weighted by Crippen LogP contribution is 2.26. The molecule has 0 heterocycles. The first-order valence-corrected chi connectivity index (χ1v) is 9.46. The molecule has 0 aliphatic carbocycles. The van der Waals surface area contributed by atoms with E-state index in [9.17, 15) is 9.59 Å². The number of hydrogen-bond acceptors (Lipinski definition) is 4. The molecule has 0 aliphatic rings. The second-order valence-corrected chi connectivity index (χ2v) is 6.37. The first-order valence-electron chi connectivity index (χ1n) is 9.46. The lowest BCUT2D eigenvalue weighted by atomic mass is 9.91. The highest BCUT2D eigenvalue weighted by atomic mass is 16.5. The smallest absolute Gasteiger partial charge is 0.318 e. The van der Waals surface area contributed by atoms with E-state index in [0.717, 1.165) is 16.9 Å². The Hall–Kier alpha value is -3.60. The van der Waals surface area contributed by atoms with E-state index >= 15 is 0 Å². The maximum absolute atomic E-state index is 12.8. The monoisotopic (exact) mass is 389 g/mol. The number of esters is 1. The summed E-state index contributed by atoms with van der Waals surface area (Å²) in [6.07, 6.45) is 0. The van der Waals surface area contributed by atoms with E-state index in [1.165, 1.54) is 0 Å². The van der Waals surface area contributed by atoms with E-state index in [-0.39, 0.29) is 6.61 Å². The molecule has 3 aromatic carbocycles. The lowest BCUT2D eigenvalue weighted by Gasteiger charge is -2.17. The first kappa shape index (κ1) is 20.1. The number of ether oxygens (including phenoxy) is 2. The zero-order valence-electron chi connectivity index (χ0n) is 16.2. The van der Waals surface area contributed by atoms with Crippen LogP contribution in [0.15, 0.2) is 84.9 Å². The van der Waals surface area contributed by atoms with Gasteiger partial charge in [-0.05, 0) is 42.3 Å². The maximum atomic E-state index is 12.8.